The van der Waals surface area contributed by atoms with Gasteiger partial charge in [-0.25, -0.2) is 0 Å². The van der Waals surface area contributed by atoms with Crippen molar-refractivity contribution in [2.75, 3.05) is 13.7 Å². The summed E-state index contributed by atoms with van der Waals surface area (Å²) in [4.78, 5) is 4.38. The summed E-state index contributed by atoms with van der Waals surface area (Å²) in [6, 6.07) is 10.6. The molecule has 1 unspecified atom stereocenters. The predicted octanol–water partition coefficient (Wildman–Crippen LogP) is 3.78. The van der Waals surface area contributed by atoms with Crippen LogP contribution in [0.3, 0.4) is 0 Å². The highest BCUT2D eigenvalue weighted by Crippen LogP contribution is 2.27. The zero-order valence-corrected chi connectivity index (χ0v) is 12.7. The maximum atomic E-state index is 6.02. The minimum Gasteiger partial charge on any atom is -0.492 e. The number of rotatable bonds is 5. The Hall–Kier alpha value is -1.61. The second-order valence-corrected chi connectivity index (χ2v) is 5.96. The molecule has 1 N–H and O–H groups in total. The number of nitrogens with zero attached hydrogens (tertiary/aromatic N) is 1. The molecule has 0 saturated heterocycles. The third-order valence-corrected chi connectivity index (χ3v) is 4.60. The molecule has 21 heavy (non-hydrogen) atoms. The molecule has 1 aromatic heterocycles. The molecular formula is C18H24N2O. The molecule has 0 bridgehead atoms. The second kappa shape index (κ2) is 6.90. The van der Waals surface area contributed by atoms with Gasteiger partial charge in [-0.2, -0.15) is 0 Å². The molecule has 1 aromatic carbocycles. The van der Waals surface area contributed by atoms with Crippen molar-refractivity contribution in [3.63, 3.8) is 0 Å². The monoisotopic (exact) mass is 284 g/mol. The van der Waals surface area contributed by atoms with E-state index < -0.39 is 0 Å². The lowest BCUT2D eigenvalue weighted by atomic mass is 9.84. The van der Waals surface area contributed by atoms with E-state index in [1.54, 1.807) is 0 Å². The van der Waals surface area contributed by atoms with Crippen LogP contribution in [0.4, 0.5) is 0 Å². The average Bonchev–Trinajstić information content (AvgIpc) is 2.56. The van der Waals surface area contributed by atoms with Gasteiger partial charge in [0, 0.05) is 23.7 Å². The fourth-order valence-corrected chi connectivity index (χ4v) is 3.31. The number of nitrogens with one attached hydrogen (secondary N) is 1. The van der Waals surface area contributed by atoms with Crippen molar-refractivity contribution in [2.24, 2.45) is 5.92 Å². The summed E-state index contributed by atoms with van der Waals surface area (Å²) in [5, 5.41) is 4.59. The Balaban J connectivity index is 1.64. The quantitative estimate of drug-likeness (QED) is 0.907. The van der Waals surface area contributed by atoms with Gasteiger partial charge < -0.3 is 10.1 Å². The third-order valence-electron chi connectivity index (χ3n) is 4.60. The van der Waals surface area contributed by atoms with Crippen LogP contribution in [-0.4, -0.2) is 24.7 Å². The highest BCUT2D eigenvalue weighted by Gasteiger charge is 2.22. The van der Waals surface area contributed by atoms with E-state index in [-0.39, 0.29) is 0 Å². The fraction of sp³-hybridized carbons (Fsp3) is 0.500. The van der Waals surface area contributed by atoms with Gasteiger partial charge in [0.1, 0.15) is 12.4 Å². The molecule has 2 aromatic rings. The summed E-state index contributed by atoms with van der Waals surface area (Å²) in [5.74, 6) is 1.67. The molecule has 3 nitrogen and oxygen atoms in total. The lowest BCUT2D eigenvalue weighted by Crippen LogP contribution is -2.39. The lowest BCUT2D eigenvalue weighted by Gasteiger charge is -2.29. The molecule has 3 rings (SSSR count). The largest absolute Gasteiger partial charge is 0.492 e. The van der Waals surface area contributed by atoms with Crippen LogP contribution in [0.1, 0.15) is 32.1 Å². The molecule has 0 aliphatic heterocycles. The van der Waals surface area contributed by atoms with Gasteiger partial charge in [-0.1, -0.05) is 25.3 Å². The number of hydrogen-bond donors (Lipinski definition) is 1. The first-order chi connectivity index (χ1) is 10.4. The van der Waals surface area contributed by atoms with Crippen LogP contribution in [0.2, 0.25) is 0 Å². The maximum Gasteiger partial charge on any atom is 0.121 e. The van der Waals surface area contributed by atoms with Gasteiger partial charge in [0.25, 0.3) is 0 Å². The summed E-state index contributed by atoms with van der Waals surface area (Å²) < 4.78 is 6.02. The summed E-state index contributed by atoms with van der Waals surface area (Å²) in [6.07, 6.45) is 8.60. The van der Waals surface area contributed by atoms with E-state index in [1.165, 1.54) is 32.1 Å². The van der Waals surface area contributed by atoms with Crippen LogP contribution in [0, 0.1) is 5.92 Å². The Morgan fingerprint density at radius 1 is 1.24 bits per heavy atom. The van der Waals surface area contributed by atoms with Gasteiger partial charge in [-0.05, 0) is 44.0 Å². The standard InChI is InChI=1S/C18H24N2O/c1-19-18(14-6-3-2-4-7-14)13-21-16-10-9-15-8-5-11-20-17(15)12-16/h5,8-12,14,18-19H,2-4,6-7,13H2,1H3. The number of hydrogen-bond acceptors (Lipinski definition) is 3. The summed E-state index contributed by atoms with van der Waals surface area (Å²) in [6.45, 7) is 0.736. The molecule has 1 aliphatic carbocycles. The molecule has 3 heteroatoms. The molecule has 1 heterocycles. The molecule has 0 radical (unpaired) electrons. The third kappa shape index (κ3) is 3.53. The molecule has 0 spiro atoms. The van der Waals surface area contributed by atoms with Gasteiger partial charge in [-0.15, -0.1) is 0 Å². The van der Waals surface area contributed by atoms with E-state index in [1.807, 2.05) is 31.4 Å². The van der Waals surface area contributed by atoms with E-state index in [2.05, 4.69) is 22.4 Å². The Kier molecular flexibility index (Phi) is 4.71. The van der Waals surface area contributed by atoms with Gasteiger partial charge in [0.15, 0.2) is 0 Å². The molecule has 1 fully saturated rings. The Morgan fingerprint density at radius 3 is 2.90 bits per heavy atom. The van der Waals surface area contributed by atoms with E-state index >= 15 is 0 Å². The van der Waals surface area contributed by atoms with Gasteiger partial charge >= 0.3 is 0 Å². The minimum atomic E-state index is 0.449. The van der Waals surface area contributed by atoms with E-state index in [0.717, 1.165) is 29.2 Å². The zero-order valence-electron chi connectivity index (χ0n) is 12.7. The lowest BCUT2D eigenvalue weighted by molar-refractivity contribution is 0.192. The molecule has 1 aliphatic rings. The first kappa shape index (κ1) is 14.3. The van der Waals surface area contributed by atoms with Crippen molar-refractivity contribution in [3.05, 3.63) is 36.5 Å². The SMILES string of the molecule is CNC(COc1ccc2cccnc2c1)C1CCCCC1. The predicted molar refractivity (Wildman–Crippen MR) is 86.7 cm³/mol. The van der Waals surface area contributed by atoms with Crippen LogP contribution < -0.4 is 10.1 Å². The number of fused-ring (bicyclic) bond motifs is 1. The van der Waals surface area contributed by atoms with Gasteiger partial charge in [0.05, 0.1) is 5.52 Å². The van der Waals surface area contributed by atoms with Crippen molar-refractivity contribution < 1.29 is 4.74 Å². The number of pyridine rings is 1. The summed E-state index contributed by atoms with van der Waals surface area (Å²) in [5.41, 5.74) is 0.994. The van der Waals surface area contributed by atoms with Crippen LogP contribution in [0.15, 0.2) is 36.5 Å². The number of ether oxygens (including phenoxy) is 1. The molecule has 1 saturated carbocycles. The Morgan fingerprint density at radius 2 is 2.10 bits per heavy atom. The van der Waals surface area contributed by atoms with Crippen molar-refractivity contribution in [2.45, 2.75) is 38.1 Å². The van der Waals surface area contributed by atoms with E-state index in [9.17, 15) is 0 Å². The summed E-state index contributed by atoms with van der Waals surface area (Å²) in [7, 11) is 2.05. The smallest absolute Gasteiger partial charge is 0.121 e. The zero-order chi connectivity index (χ0) is 14.5. The number of aromatic nitrogens is 1. The molecule has 0 amide bonds. The molecule has 112 valence electrons. The van der Waals surface area contributed by atoms with Crippen LogP contribution >= 0.6 is 0 Å². The van der Waals surface area contributed by atoms with Crippen LogP contribution in [0.5, 0.6) is 5.75 Å². The van der Waals surface area contributed by atoms with E-state index in [0.29, 0.717) is 6.04 Å². The molecular weight excluding hydrogens is 260 g/mol. The number of likely N-dealkylation sites (N-methyl/N-ethyl adjacent to an activating group) is 1. The molecule has 1 atom stereocenters. The fourth-order valence-electron chi connectivity index (χ4n) is 3.31. The minimum absolute atomic E-state index is 0.449. The highest BCUT2D eigenvalue weighted by atomic mass is 16.5. The van der Waals surface area contributed by atoms with Crippen molar-refractivity contribution in [1.29, 1.82) is 0 Å². The Labute approximate surface area is 126 Å². The van der Waals surface area contributed by atoms with Gasteiger partial charge in [0.2, 0.25) is 0 Å². The van der Waals surface area contributed by atoms with Crippen LogP contribution in [-0.2, 0) is 0 Å². The second-order valence-electron chi connectivity index (χ2n) is 5.96. The first-order valence-electron chi connectivity index (χ1n) is 8.01. The van der Waals surface area contributed by atoms with E-state index in [4.69, 9.17) is 4.74 Å². The normalized spacial score (nSPS) is 17.8. The first-order valence-corrected chi connectivity index (χ1v) is 8.01. The highest BCUT2D eigenvalue weighted by molar-refractivity contribution is 5.79. The Bertz CT molecular complexity index is 578. The maximum absolute atomic E-state index is 6.02. The van der Waals surface area contributed by atoms with Crippen molar-refractivity contribution in [1.82, 2.24) is 10.3 Å². The van der Waals surface area contributed by atoms with Crippen molar-refractivity contribution >= 4 is 10.9 Å². The van der Waals surface area contributed by atoms with Crippen molar-refractivity contribution in [3.8, 4) is 5.75 Å². The van der Waals surface area contributed by atoms with Gasteiger partial charge in [-0.3, -0.25) is 4.98 Å². The topological polar surface area (TPSA) is 34.1 Å². The number of benzene rings is 1. The summed E-state index contributed by atoms with van der Waals surface area (Å²) >= 11 is 0. The average molecular weight is 284 g/mol. The van der Waals surface area contributed by atoms with Crippen LogP contribution in [0.25, 0.3) is 10.9 Å².